The molecule has 0 bridgehead atoms. The average molecular weight is 359 g/mol. The Morgan fingerprint density at radius 1 is 0.923 bits per heavy atom. The number of aliphatic carboxylic acids is 1. The molecule has 0 spiro atoms. The summed E-state index contributed by atoms with van der Waals surface area (Å²) in [6, 6.07) is 8.13. The normalized spacial score (nSPS) is 11.0. The Morgan fingerprint density at radius 2 is 1.50 bits per heavy atom. The maximum absolute atomic E-state index is 11.8. The van der Waals surface area contributed by atoms with Crippen molar-refractivity contribution in [1.29, 1.82) is 0 Å². The molecule has 0 atom stereocenters. The molecule has 0 aromatic heterocycles. The highest BCUT2D eigenvalue weighted by atomic mass is 16.5. The number of carboxylic acids is 1. The molecule has 7 heteroatoms. The Kier molecular flexibility index (Phi) is 5.95. The molecule has 7 nitrogen and oxygen atoms in total. The van der Waals surface area contributed by atoms with Gasteiger partial charge in [-0.05, 0) is 41.5 Å². The SMILES string of the molecule is COc1ccc(/C(=C/c2cc(OC)c(OC)c(OC)c2)C(=O)O)cc1N. The zero-order chi connectivity index (χ0) is 19.3. The number of benzene rings is 2. The van der Waals surface area contributed by atoms with Crippen molar-refractivity contribution >= 4 is 23.3 Å². The van der Waals surface area contributed by atoms with Crippen LogP contribution in [0.1, 0.15) is 11.1 Å². The fourth-order valence-corrected chi connectivity index (χ4v) is 2.52. The van der Waals surface area contributed by atoms with Crippen molar-refractivity contribution in [3.05, 3.63) is 41.5 Å². The van der Waals surface area contributed by atoms with Crippen LogP contribution in [0.2, 0.25) is 0 Å². The fourth-order valence-electron chi connectivity index (χ4n) is 2.52. The third-order valence-corrected chi connectivity index (χ3v) is 3.77. The van der Waals surface area contributed by atoms with Gasteiger partial charge in [-0.2, -0.15) is 0 Å². The van der Waals surface area contributed by atoms with E-state index >= 15 is 0 Å². The van der Waals surface area contributed by atoms with Gasteiger partial charge in [0, 0.05) is 0 Å². The molecule has 0 amide bonds. The number of ether oxygens (including phenoxy) is 4. The van der Waals surface area contributed by atoms with Gasteiger partial charge in [0.1, 0.15) is 5.75 Å². The summed E-state index contributed by atoms with van der Waals surface area (Å²) in [5.41, 5.74) is 7.33. The lowest BCUT2D eigenvalue weighted by Gasteiger charge is -2.13. The molecule has 0 saturated heterocycles. The van der Waals surface area contributed by atoms with Gasteiger partial charge >= 0.3 is 5.97 Å². The van der Waals surface area contributed by atoms with Gasteiger partial charge in [0.2, 0.25) is 5.75 Å². The van der Waals surface area contributed by atoms with Crippen LogP contribution in [-0.4, -0.2) is 39.5 Å². The molecule has 26 heavy (non-hydrogen) atoms. The molecule has 0 aliphatic rings. The van der Waals surface area contributed by atoms with Gasteiger partial charge in [-0.3, -0.25) is 0 Å². The van der Waals surface area contributed by atoms with Crippen LogP contribution >= 0.6 is 0 Å². The van der Waals surface area contributed by atoms with Crippen LogP contribution in [0.15, 0.2) is 30.3 Å². The maximum atomic E-state index is 11.8. The summed E-state index contributed by atoms with van der Waals surface area (Å²) < 4.78 is 21.0. The van der Waals surface area contributed by atoms with E-state index in [0.29, 0.717) is 39.8 Å². The zero-order valence-electron chi connectivity index (χ0n) is 15.0. The highest BCUT2D eigenvalue weighted by Crippen LogP contribution is 2.39. The van der Waals surface area contributed by atoms with E-state index in [2.05, 4.69) is 0 Å². The molecule has 2 rings (SSSR count). The first-order valence-corrected chi connectivity index (χ1v) is 7.64. The van der Waals surface area contributed by atoms with Crippen molar-refractivity contribution in [2.45, 2.75) is 0 Å². The minimum atomic E-state index is -1.09. The van der Waals surface area contributed by atoms with Gasteiger partial charge < -0.3 is 29.8 Å². The van der Waals surface area contributed by atoms with E-state index in [1.54, 1.807) is 30.3 Å². The molecule has 3 N–H and O–H groups in total. The lowest BCUT2D eigenvalue weighted by Crippen LogP contribution is -2.02. The van der Waals surface area contributed by atoms with Crippen LogP contribution in [0.4, 0.5) is 5.69 Å². The number of carboxylic acid groups (broad SMARTS) is 1. The number of rotatable bonds is 7. The summed E-state index contributed by atoms with van der Waals surface area (Å²) in [5.74, 6) is 0.668. The Labute approximate surface area is 151 Å². The monoisotopic (exact) mass is 359 g/mol. The molecule has 0 aliphatic heterocycles. The molecule has 2 aromatic carbocycles. The summed E-state index contributed by atoms with van der Waals surface area (Å²) in [6.45, 7) is 0. The topological polar surface area (TPSA) is 100 Å². The van der Waals surface area contributed by atoms with Crippen LogP contribution in [0.3, 0.4) is 0 Å². The Morgan fingerprint density at radius 3 is 1.92 bits per heavy atom. The van der Waals surface area contributed by atoms with Gasteiger partial charge in [0.15, 0.2) is 11.5 Å². The minimum Gasteiger partial charge on any atom is -0.495 e. The molecule has 138 valence electrons. The Bertz CT molecular complexity index is 819. The first-order chi connectivity index (χ1) is 12.4. The van der Waals surface area contributed by atoms with Crippen molar-refractivity contribution in [1.82, 2.24) is 0 Å². The van der Waals surface area contributed by atoms with Gasteiger partial charge in [-0.25, -0.2) is 4.79 Å². The first-order valence-electron chi connectivity index (χ1n) is 7.64. The van der Waals surface area contributed by atoms with Crippen LogP contribution < -0.4 is 24.7 Å². The summed E-state index contributed by atoms with van der Waals surface area (Å²) >= 11 is 0. The zero-order valence-corrected chi connectivity index (χ0v) is 15.0. The van der Waals surface area contributed by atoms with Crippen LogP contribution in [0.5, 0.6) is 23.0 Å². The standard InChI is InChI=1S/C19H21NO6/c1-23-15-6-5-12(10-14(15)20)13(19(21)22)7-11-8-16(24-2)18(26-4)17(9-11)25-3/h5-10H,20H2,1-4H3,(H,21,22)/b13-7-. The molecular weight excluding hydrogens is 338 g/mol. The van der Waals surface area contributed by atoms with Crippen molar-refractivity contribution in [3.8, 4) is 23.0 Å². The van der Waals surface area contributed by atoms with E-state index in [9.17, 15) is 9.90 Å². The van der Waals surface area contributed by atoms with Crippen molar-refractivity contribution < 1.29 is 28.8 Å². The van der Waals surface area contributed by atoms with Crippen LogP contribution in [0, 0.1) is 0 Å². The van der Waals surface area contributed by atoms with Gasteiger partial charge in [0.25, 0.3) is 0 Å². The van der Waals surface area contributed by atoms with Crippen molar-refractivity contribution in [2.24, 2.45) is 0 Å². The minimum absolute atomic E-state index is 0.0635. The second kappa shape index (κ2) is 8.15. The third-order valence-electron chi connectivity index (χ3n) is 3.77. The largest absolute Gasteiger partial charge is 0.495 e. The smallest absolute Gasteiger partial charge is 0.336 e. The van der Waals surface area contributed by atoms with Gasteiger partial charge in [-0.15, -0.1) is 0 Å². The maximum Gasteiger partial charge on any atom is 0.336 e. The van der Waals surface area contributed by atoms with E-state index in [4.69, 9.17) is 24.7 Å². The van der Waals surface area contributed by atoms with E-state index in [1.165, 1.54) is 34.5 Å². The average Bonchev–Trinajstić information content (AvgIpc) is 2.64. The molecule has 0 radical (unpaired) electrons. The number of methoxy groups -OCH3 is 4. The van der Waals surface area contributed by atoms with Crippen molar-refractivity contribution in [2.75, 3.05) is 34.2 Å². The highest BCUT2D eigenvalue weighted by Gasteiger charge is 2.16. The molecule has 0 fully saturated rings. The number of hydrogen-bond donors (Lipinski definition) is 2. The van der Waals surface area contributed by atoms with E-state index < -0.39 is 5.97 Å². The number of nitrogens with two attached hydrogens (primary N) is 1. The third kappa shape index (κ3) is 3.83. The number of hydrogen-bond acceptors (Lipinski definition) is 6. The van der Waals surface area contributed by atoms with E-state index in [1.807, 2.05) is 0 Å². The highest BCUT2D eigenvalue weighted by molar-refractivity contribution is 6.20. The molecule has 0 aliphatic carbocycles. The van der Waals surface area contributed by atoms with Crippen molar-refractivity contribution in [3.63, 3.8) is 0 Å². The van der Waals surface area contributed by atoms with Gasteiger partial charge in [0.05, 0.1) is 39.7 Å². The molecule has 2 aromatic rings. The quantitative estimate of drug-likeness (QED) is 0.445. The number of nitrogen functional groups attached to an aromatic ring is 1. The van der Waals surface area contributed by atoms with Gasteiger partial charge in [-0.1, -0.05) is 6.07 Å². The Balaban J connectivity index is 2.59. The summed E-state index contributed by atoms with van der Waals surface area (Å²) in [5, 5.41) is 9.63. The fraction of sp³-hybridized carbons (Fsp3) is 0.211. The predicted molar refractivity (Wildman–Crippen MR) is 99.0 cm³/mol. The summed E-state index contributed by atoms with van der Waals surface area (Å²) in [6.07, 6.45) is 1.51. The Hall–Kier alpha value is -3.35. The lowest BCUT2D eigenvalue weighted by atomic mass is 10.0. The summed E-state index contributed by atoms with van der Waals surface area (Å²) in [4.78, 5) is 11.8. The first kappa shape index (κ1) is 19.0. The molecule has 0 unspecified atom stereocenters. The second-order valence-corrected chi connectivity index (χ2v) is 5.28. The number of anilines is 1. The van der Waals surface area contributed by atoms with E-state index in [0.717, 1.165) is 0 Å². The molecule has 0 heterocycles. The lowest BCUT2D eigenvalue weighted by molar-refractivity contribution is -0.130. The summed E-state index contributed by atoms with van der Waals surface area (Å²) in [7, 11) is 5.98. The van der Waals surface area contributed by atoms with Crippen LogP contribution in [0.25, 0.3) is 11.6 Å². The second-order valence-electron chi connectivity index (χ2n) is 5.28. The number of carbonyl (C=O) groups is 1. The molecule has 0 saturated carbocycles. The predicted octanol–water partition coefficient (Wildman–Crippen LogP) is 2.93. The molecular formula is C19H21NO6. The van der Waals surface area contributed by atoms with Crippen LogP contribution in [-0.2, 0) is 4.79 Å². The van der Waals surface area contributed by atoms with E-state index in [-0.39, 0.29) is 5.57 Å².